The first-order chi connectivity index (χ1) is 7.86. The van der Waals surface area contributed by atoms with Crippen molar-refractivity contribution in [2.45, 2.75) is 13.3 Å². The molecule has 0 heterocycles. The zero-order valence-corrected chi connectivity index (χ0v) is 9.31. The predicted octanol–water partition coefficient (Wildman–Crippen LogP) is 4.08. The van der Waals surface area contributed by atoms with E-state index < -0.39 is 0 Å². The zero-order chi connectivity index (χ0) is 11.4. The molecular formula is C15H14O. The molecule has 1 nitrogen and oxygen atoms in total. The van der Waals surface area contributed by atoms with Crippen LogP contribution in [-0.4, -0.2) is 6.29 Å². The Morgan fingerprint density at radius 2 is 1.94 bits per heavy atom. The number of carbonyl (C=O) groups is 1. The van der Waals surface area contributed by atoms with E-state index >= 15 is 0 Å². The highest BCUT2D eigenvalue weighted by atomic mass is 16.1. The average Bonchev–Trinajstić information content (AvgIpc) is 2.35. The van der Waals surface area contributed by atoms with Gasteiger partial charge in [-0.25, -0.2) is 0 Å². The third kappa shape index (κ3) is 1.89. The van der Waals surface area contributed by atoms with Crippen molar-refractivity contribution in [2.24, 2.45) is 0 Å². The molecule has 2 aromatic carbocycles. The Bertz CT molecular complexity index is 538. The van der Waals surface area contributed by atoms with Gasteiger partial charge in [-0.15, -0.1) is 0 Å². The van der Waals surface area contributed by atoms with Crippen molar-refractivity contribution >= 4 is 23.1 Å². The summed E-state index contributed by atoms with van der Waals surface area (Å²) in [6, 6.07) is 12.0. The number of allylic oxidation sites excluding steroid dienone is 1. The largest absolute Gasteiger partial charge is 0.298 e. The maximum Gasteiger partial charge on any atom is 0.151 e. The van der Waals surface area contributed by atoms with E-state index in [2.05, 4.69) is 19.1 Å². The molecule has 0 atom stereocenters. The molecule has 0 fully saturated rings. The molecule has 2 rings (SSSR count). The number of fused-ring (bicyclic) bond motifs is 1. The molecule has 0 bridgehead atoms. The number of aldehydes is 1. The highest BCUT2D eigenvalue weighted by Gasteiger charge is 2.03. The molecular weight excluding hydrogens is 196 g/mol. The molecule has 0 aliphatic heterocycles. The van der Waals surface area contributed by atoms with Gasteiger partial charge in [0, 0.05) is 5.56 Å². The van der Waals surface area contributed by atoms with Gasteiger partial charge in [-0.2, -0.15) is 0 Å². The van der Waals surface area contributed by atoms with E-state index in [-0.39, 0.29) is 0 Å². The lowest BCUT2D eigenvalue weighted by molar-refractivity contribution is 0.112. The van der Waals surface area contributed by atoms with Gasteiger partial charge in [-0.1, -0.05) is 55.5 Å². The first kappa shape index (κ1) is 10.6. The zero-order valence-electron chi connectivity index (χ0n) is 9.31. The first-order valence-corrected chi connectivity index (χ1v) is 5.50. The minimum Gasteiger partial charge on any atom is -0.298 e. The van der Waals surface area contributed by atoms with Crippen molar-refractivity contribution in [3.8, 4) is 0 Å². The van der Waals surface area contributed by atoms with Crippen LogP contribution in [0, 0.1) is 0 Å². The van der Waals surface area contributed by atoms with Gasteiger partial charge in [0.1, 0.15) is 0 Å². The SMILES string of the molecule is CCC=Cc1ccc2ccccc2c1C=O. The van der Waals surface area contributed by atoms with Crippen molar-refractivity contribution in [2.75, 3.05) is 0 Å². The van der Waals surface area contributed by atoms with Crippen molar-refractivity contribution in [1.29, 1.82) is 0 Å². The molecule has 2 aromatic rings. The second-order valence-corrected chi connectivity index (χ2v) is 3.72. The third-order valence-electron chi connectivity index (χ3n) is 2.66. The van der Waals surface area contributed by atoms with Crippen LogP contribution in [0.2, 0.25) is 0 Å². The maximum atomic E-state index is 11.2. The Hall–Kier alpha value is -1.89. The van der Waals surface area contributed by atoms with Crippen LogP contribution in [-0.2, 0) is 0 Å². The molecule has 16 heavy (non-hydrogen) atoms. The van der Waals surface area contributed by atoms with E-state index in [0.29, 0.717) is 0 Å². The van der Waals surface area contributed by atoms with Crippen molar-refractivity contribution in [3.63, 3.8) is 0 Å². The molecule has 0 unspecified atom stereocenters. The summed E-state index contributed by atoms with van der Waals surface area (Å²) in [7, 11) is 0. The van der Waals surface area contributed by atoms with Crippen molar-refractivity contribution < 1.29 is 4.79 Å². The van der Waals surface area contributed by atoms with Crippen molar-refractivity contribution in [3.05, 3.63) is 53.6 Å². The summed E-state index contributed by atoms with van der Waals surface area (Å²) in [6.07, 6.45) is 6.00. The smallest absolute Gasteiger partial charge is 0.151 e. The minimum absolute atomic E-state index is 0.780. The fraction of sp³-hybridized carbons (Fsp3) is 0.133. The predicted molar refractivity (Wildman–Crippen MR) is 68.7 cm³/mol. The molecule has 0 spiro atoms. The van der Waals surface area contributed by atoms with Gasteiger partial charge in [-0.3, -0.25) is 4.79 Å². The Morgan fingerprint density at radius 1 is 1.12 bits per heavy atom. The number of carbonyl (C=O) groups excluding carboxylic acids is 1. The molecule has 0 amide bonds. The molecule has 0 saturated carbocycles. The second kappa shape index (κ2) is 4.75. The number of benzene rings is 2. The molecule has 0 aromatic heterocycles. The Morgan fingerprint density at radius 3 is 2.69 bits per heavy atom. The van der Waals surface area contributed by atoms with Crippen LogP contribution in [0.3, 0.4) is 0 Å². The summed E-state index contributed by atoms with van der Waals surface area (Å²) in [6.45, 7) is 2.08. The molecule has 0 radical (unpaired) electrons. The van der Waals surface area contributed by atoms with Gasteiger partial charge in [-0.05, 0) is 22.8 Å². The van der Waals surface area contributed by atoms with Gasteiger partial charge in [0.05, 0.1) is 0 Å². The maximum absolute atomic E-state index is 11.2. The van der Waals surface area contributed by atoms with Crippen LogP contribution in [0.5, 0.6) is 0 Å². The summed E-state index contributed by atoms with van der Waals surface area (Å²) in [5.41, 5.74) is 1.78. The van der Waals surface area contributed by atoms with Crippen LogP contribution in [0.25, 0.3) is 16.8 Å². The summed E-state index contributed by atoms with van der Waals surface area (Å²) in [5, 5.41) is 2.13. The van der Waals surface area contributed by atoms with Crippen molar-refractivity contribution in [1.82, 2.24) is 0 Å². The molecule has 0 aliphatic rings. The van der Waals surface area contributed by atoms with E-state index in [0.717, 1.165) is 34.6 Å². The minimum atomic E-state index is 0.780. The molecule has 1 heteroatoms. The third-order valence-corrected chi connectivity index (χ3v) is 2.66. The van der Waals surface area contributed by atoms with E-state index in [1.807, 2.05) is 36.4 Å². The Labute approximate surface area is 95.4 Å². The molecule has 0 saturated heterocycles. The Kier molecular flexibility index (Phi) is 3.16. The molecule has 0 aliphatic carbocycles. The van der Waals surface area contributed by atoms with Gasteiger partial charge < -0.3 is 0 Å². The van der Waals surface area contributed by atoms with Crippen LogP contribution in [0.4, 0.5) is 0 Å². The summed E-state index contributed by atoms with van der Waals surface area (Å²) in [4.78, 5) is 11.2. The summed E-state index contributed by atoms with van der Waals surface area (Å²) < 4.78 is 0. The van der Waals surface area contributed by atoms with Crippen LogP contribution < -0.4 is 0 Å². The lowest BCUT2D eigenvalue weighted by Gasteiger charge is -2.04. The molecule has 0 N–H and O–H groups in total. The second-order valence-electron chi connectivity index (χ2n) is 3.72. The van der Waals surface area contributed by atoms with Crippen LogP contribution >= 0.6 is 0 Å². The van der Waals surface area contributed by atoms with E-state index in [4.69, 9.17) is 0 Å². The monoisotopic (exact) mass is 210 g/mol. The number of rotatable bonds is 3. The fourth-order valence-corrected chi connectivity index (χ4v) is 1.83. The fourth-order valence-electron chi connectivity index (χ4n) is 1.83. The summed E-state index contributed by atoms with van der Waals surface area (Å²) in [5.74, 6) is 0. The number of hydrogen-bond donors (Lipinski definition) is 0. The standard InChI is InChI=1S/C15H14O/c1-2-3-6-13-10-9-12-7-4-5-8-14(12)15(13)11-16/h3-11H,2H2,1H3. The van der Waals surface area contributed by atoms with Gasteiger partial charge in [0.25, 0.3) is 0 Å². The van der Waals surface area contributed by atoms with E-state index in [9.17, 15) is 4.79 Å². The summed E-state index contributed by atoms with van der Waals surface area (Å²) >= 11 is 0. The van der Waals surface area contributed by atoms with Gasteiger partial charge >= 0.3 is 0 Å². The lowest BCUT2D eigenvalue weighted by Crippen LogP contribution is -1.88. The van der Waals surface area contributed by atoms with Gasteiger partial charge in [0.15, 0.2) is 6.29 Å². The highest BCUT2D eigenvalue weighted by molar-refractivity contribution is 6.01. The number of hydrogen-bond acceptors (Lipinski definition) is 1. The molecule has 80 valence electrons. The van der Waals surface area contributed by atoms with Gasteiger partial charge in [0.2, 0.25) is 0 Å². The van der Waals surface area contributed by atoms with Crippen LogP contribution in [0.15, 0.2) is 42.5 Å². The first-order valence-electron chi connectivity index (χ1n) is 5.50. The lowest BCUT2D eigenvalue weighted by atomic mass is 9.99. The average molecular weight is 210 g/mol. The highest BCUT2D eigenvalue weighted by Crippen LogP contribution is 2.22. The Balaban J connectivity index is 2.67. The van der Waals surface area contributed by atoms with Crippen LogP contribution in [0.1, 0.15) is 29.3 Å². The quantitative estimate of drug-likeness (QED) is 0.698. The van der Waals surface area contributed by atoms with E-state index in [1.165, 1.54) is 0 Å². The topological polar surface area (TPSA) is 17.1 Å². The normalized spacial score (nSPS) is 11.1. The van der Waals surface area contributed by atoms with E-state index in [1.54, 1.807) is 0 Å².